The molecule has 6 nitrogen and oxygen atoms in total. The van der Waals surface area contributed by atoms with Gasteiger partial charge in [-0.25, -0.2) is 8.78 Å². The lowest BCUT2D eigenvalue weighted by Crippen LogP contribution is -2.45. The van der Waals surface area contributed by atoms with Gasteiger partial charge in [-0.2, -0.15) is 0 Å². The van der Waals surface area contributed by atoms with Crippen LogP contribution in [0.15, 0.2) is 12.1 Å². The van der Waals surface area contributed by atoms with Gasteiger partial charge >= 0.3 is 0 Å². The molecule has 0 radical (unpaired) electrons. The van der Waals surface area contributed by atoms with Crippen LogP contribution in [0, 0.1) is 21.7 Å². The van der Waals surface area contributed by atoms with Gasteiger partial charge in [-0.15, -0.1) is 0 Å². The third kappa shape index (κ3) is 3.61. The van der Waals surface area contributed by atoms with Crippen LogP contribution in [0.25, 0.3) is 0 Å². The molecule has 110 valence electrons. The molecule has 0 bridgehead atoms. The molecular formula is C12H16F2N4O2. The number of nitro groups is 1. The van der Waals surface area contributed by atoms with E-state index in [1.807, 2.05) is 0 Å². The van der Waals surface area contributed by atoms with E-state index in [1.54, 1.807) is 0 Å². The molecule has 0 spiro atoms. The first kappa shape index (κ1) is 14.6. The number of nitrogens with one attached hydrogen (secondary N) is 2. The van der Waals surface area contributed by atoms with Gasteiger partial charge in [0.1, 0.15) is 5.69 Å². The molecule has 2 rings (SSSR count). The summed E-state index contributed by atoms with van der Waals surface area (Å²) in [5.74, 6) is -1.89. The largest absolute Gasteiger partial charge is 0.379 e. The van der Waals surface area contributed by atoms with Crippen LogP contribution in [-0.4, -0.2) is 49.1 Å². The first-order chi connectivity index (χ1) is 9.58. The van der Waals surface area contributed by atoms with E-state index in [0.717, 1.165) is 38.3 Å². The van der Waals surface area contributed by atoms with Gasteiger partial charge in [-0.3, -0.25) is 15.0 Å². The number of rotatable bonds is 5. The fourth-order valence-corrected chi connectivity index (χ4v) is 2.11. The SMILES string of the molecule is O=[N+]([O-])c1cc(F)c(NCCN2CCNCC2)c(F)c1. The predicted octanol–water partition coefficient (Wildman–Crippen LogP) is 1.19. The molecule has 0 amide bonds. The molecule has 0 atom stereocenters. The Hall–Kier alpha value is -1.80. The molecule has 2 N–H and O–H groups in total. The van der Waals surface area contributed by atoms with Crippen LogP contribution in [0.3, 0.4) is 0 Å². The van der Waals surface area contributed by atoms with Crippen molar-refractivity contribution in [2.45, 2.75) is 0 Å². The van der Waals surface area contributed by atoms with Crippen molar-refractivity contribution in [1.82, 2.24) is 10.2 Å². The van der Waals surface area contributed by atoms with Crippen LogP contribution in [0.2, 0.25) is 0 Å². The van der Waals surface area contributed by atoms with Crippen molar-refractivity contribution in [2.24, 2.45) is 0 Å². The summed E-state index contributed by atoms with van der Waals surface area (Å²) in [5, 5.41) is 16.3. The summed E-state index contributed by atoms with van der Waals surface area (Å²) >= 11 is 0. The Bertz CT molecular complexity index is 469. The number of piperazine rings is 1. The smallest absolute Gasteiger partial charge is 0.275 e. The Morgan fingerprint density at radius 3 is 2.45 bits per heavy atom. The summed E-state index contributed by atoms with van der Waals surface area (Å²) in [6.45, 7) is 4.64. The van der Waals surface area contributed by atoms with E-state index >= 15 is 0 Å². The number of nitro benzene ring substituents is 1. The summed E-state index contributed by atoms with van der Waals surface area (Å²) in [5.41, 5.74) is -0.904. The highest BCUT2D eigenvalue weighted by Gasteiger charge is 2.17. The minimum atomic E-state index is -0.947. The number of hydrogen-bond acceptors (Lipinski definition) is 5. The van der Waals surface area contributed by atoms with Crippen LogP contribution in [0.4, 0.5) is 20.2 Å². The van der Waals surface area contributed by atoms with Crippen LogP contribution < -0.4 is 10.6 Å². The summed E-state index contributed by atoms with van der Waals surface area (Å²) in [7, 11) is 0. The molecular weight excluding hydrogens is 270 g/mol. The molecule has 1 aliphatic heterocycles. The van der Waals surface area contributed by atoms with Crippen LogP contribution in [0.5, 0.6) is 0 Å². The Morgan fingerprint density at radius 1 is 1.30 bits per heavy atom. The zero-order valence-electron chi connectivity index (χ0n) is 10.9. The van der Waals surface area contributed by atoms with Gasteiger partial charge in [0.05, 0.1) is 17.1 Å². The lowest BCUT2D eigenvalue weighted by molar-refractivity contribution is -0.385. The van der Waals surface area contributed by atoms with Gasteiger partial charge < -0.3 is 10.6 Å². The van der Waals surface area contributed by atoms with E-state index in [9.17, 15) is 18.9 Å². The maximum Gasteiger partial charge on any atom is 0.275 e. The van der Waals surface area contributed by atoms with E-state index in [1.165, 1.54) is 0 Å². The monoisotopic (exact) mass is 286 g/mol. The Labute approximate surface area is 114 Å². The second-order valence-corrected chi connectivity index (χ2v) is 4.56. The third-order valence-corrected chi connectivity index (χ3v) is 3.18. The lowest BCUT2D eigenvalue weighted by atomic mass is 10.2. The number of nitrogens with zero attached hydrogens (tertiary/aromatic N) is 2. The van der Waals surface area contributed by atoms with Gasteiger partial charge in [-0.1, -0.05) is 0 Å². The number of non-ortho nitro benzene ring substituents is 1. The molecule has 0 aromatic heterocycles. The zero-order valence-corrected chi connectivity index (χ0v) is 10.9. The average molecular weight is 286 g/mol. The van der Waals surface area contributed by atoms with Gasteiger partial charge in [0.15, 0.2) is 11.6 Å². The van der Waals surface area contributed by atoms with Gasteiger partial charge in [0, 0.05) is 39.3 Å². The maximum atomic E-state index is 13.6. The molecule has 1 fully saturated rings. The van der Waals surface area contributed by atoms with Crippen molar-refractivity contribution in [3.8, 4) is 0 Å². The standard InChI is InChI=1S/C12H16F2N4O2/c13-10-7-9(18(19)20)8-11(14)12(10)16-3-6-17-4-1-15-2-5-17/h7-8,15-16H,1-6H2. The van der Waals surface area contributed by atoms with E-state index < -0.39 is 22.2 Å². The molecule has 1 aliphatic rings. The Morgan fingerprint density at radius 2 is 1.90 bits per heavy atom. The highest BCUT2D eigenvalue weighted by Crippen LogP contribution is 2.24. The van der Waals surface area contributed by atoms with Crippen LogP contribution in [-0.2, 0) is 0 Å². The van der Waals surface area contributed by atoms with Crippen molar-refractivity contribution < 1.29 is 13.7 Å². The molecule has 20 heavy (non-hydrogen) atoms. The minimum absolute atomic E-state index is 0.314. The highest BCUT2D eigenvalue weighted by molar-refractivity contribution is 5.51. The van der Waals surface area contributed by atoms with Gasteiger partial charge in [0.25, 0.3) is 5.69 Å². The fraction of sp³-hybridized carbons (Fsp3) is 0.500. The lowest BCUT2D eigenvalue weighted by Gasteiger charge is -2.27. The number of benzene rings is 1. The fourth-order valence-electron chi connectivity index (χ4n) is 2.11. The highest BCUT2D eigenvalue weighted by atomic mass is 19.1. The summed E-state index contributed by atoms with van der Waals surface area (Å²) in [6, 6.07) is 1.44. The normalized spacial score (nSPS) is 16.1. The van der Waals surface area contributed by atoms with E-state index in [4.69, 9.17) is 0 Å². The first-order valence-electron chi connectivity index (χ1n) is 6.38. The predicted molar refractivity (Wildman–Crippen MR) is 70.8 cm³/mol. The van der Waals surface area contributed by atoms with Gasteiger partial charge in [0.2, 0.25) is 0 Å². The van der Waals surface area contributed by atoms with Crippen molar-refractivity contribution in [1.29, 1.82) is 0 Å². The topological polar surface area (TPSA) is 70.4 Å². The van der Waals surface area contributed by atoms with E-state index in [2.05, 4.69) is 15.5 Å². The minimum Gasteiger partial charge on any atom is -0.379 e. The first-order valence-corrected chi connectivity index (χ1v) is 6.38. The summed E-state index contributed by atoms with van der Waals surface area (Å²) in [6.07, 6.45) is 0. The molecule has 8 heteroatoms. The summed E-state index contributed by atoms with van der Waals surface area (Å²) < 4.78 is 27.2. The van der Waals surface area contributed by atoms with E-state index in [0.29, 0.717) is 13.1 Å². The van der Waals surface area contributed by atoms with Crippen LogP contribution in [0.1, 0.15) is 0 Å². The van der Waals surface area contributed by atoms with Crippen molar-refractivity contribution in [3.05, 3.63) is 33.9 Å². The second kappa shape index (κ2) is 6.58. The molecule has 1 saturated heterocycles. The maximum absolute atomic E-state index is 13.6. The average Bonchev–Trinajstić information content (AvgIpc) is 2.42. The molecule has 1 heterocycles. The van der Waals surface area contributed by atoms with Crippen LogP contribution >= 0.6 is 0 Å². The molecule has 0 unspecified atom stereocenters. The molecule has 0 saturated carbocycles. The van der Waals surface area contributed by atoms with Crippen molar-refractivity contribution >= 4 is 11.4 Å². The molecule has 1 aromatic rings. The Balaban J connectivity index is 1.93. The van der Waals surface area contributed by atoms with E-state index in [-0.39, 0.29) is 5.69 Å². The second-order valence-electron chi connectivity index (χ2n) is 4.56. The quantitative estimate of drug-likeness (QED) is 0.628. The van der Waals surface area contributed by atoms with Gasteiger partial charge in [-0.05, 0) is 0 Å². The Kier molecular flexibility index (Phi) is 4.80. The number of anilines is 1. The molecule has 0 aliphatic carbocycles. The summed E-state index contributed by atoms with van der Waals surface area (Å²) in [4.78, 5) is 11.8. The number of hydrogen-bond donors (Lipinski definition) is 2. The molecule has 1 aromatic carbocycles. The van der Waals surface area contributed by atoms with Crippen molar-refractivity contribution in [2.75, 3.05) is 44.6 Å². The third-order valence-electron chi connectivity index (χ3n) is 3.18. The number of halogens is 2. The van der Waals surface area contributed by atoms with Crippen molar-refractivity contribution in [3.63, 3.8) is 0 Å². The zero-order chi connectivity index (χ0) is 14.5.